The van der Waals surface area contributed by atoms with Crippen LogP contribution < -0.4 is 20.7 Å². The van der Waals surface area contributed by atoms with Crippen molar-refractivity contribution in [3.63, 3.8) is 0 Å². The van der Waals surface area contributed by atoms with Crippen molar-refractivity contribution in [3.8, 4) is 5.75 Å². The second kappa shape index (κ2) is 12.2. The lowest BCUT2D eigenvalue weighted by atomic mass is 10.1. The standard InChI is InChI=1S/C28H28N4O4S/c1-19-25(26(33)30-17-21-14-12-20(16-29)13-15-21)37-27(31-19)32(23-10-6-7-11-24(23)35-2)28(34)36-18-22-8-4-3-5-9-22/h3-15H,16-18,29H2,1-2H3,(H,30,33). The summed E-state index contributed by atoms with van der Waals surface area (Å²) in [5.41, 5.74) is 9.45. The van der Waals surface area contributed by atoms with E-state index in [4.69, 9.17) is 15.2 Å². The quantitative estimate of drug-likeness (QED) is 0.312. The number of hydrogen-bond acceptors (Lipinski definition) is 7. The minimum Gasteiger partial charge on any atom is -0.495 e. The number of carbonyl (C=O) groups excluding carboxylic acids is 2. The fraction of sp³-hybridized carbons (Fsp3) is 0.179. The normalized spacial score (nSPS) is 10.6. The molecule has 0 unspecified atom stereocenters. The van der Waals surface area contributed by atoms with Gasteiger partial charge in [0.25, 0.3) is 5.91 Å². The Bertz CT molecular complexity index is 1360. The van der Waals surface area contributed by atoms with Crippen LogP contribution in [0, 0.1) is 6.92 Å². The van der Waals surface area contributed by atoms with Crippen molar-refractivity contribution < 1.29 is 19.1 Å². The number of nitrogens with two attached hydrogens (primary N) is 1. The van der Waals surface area contributed by atoms with Crippen LogP contribution in [0.2, 0.25) is 0 Å². The monoisotopic (exact) mass is 516 g/mol. The third-order valence-electron chi connectivity index (χ3n) is 5.61. The highest BCUT2D eigenvalue weighted by atomic mass is 32.1. The summed E-state index contributed by atoms with van der Waals surface area (Å²) < 4.78 is 11.1. The molecule has 4 rings (SSSR count). The van der Waals surface area contributed by atoms with E-state index in [1.54, 1.807) is 25.1 Å². The molecule has 0 saturated carbocycles. The maximum atomic E-state index is 13.3. The molecule has 0 saturated heterocycles. The second-order valence-electron chi connectivity index (χ2n) is 8.16. The minimum absolute atomic E-state index is 0.0893. The number of aryl methyl sites for hydroxylation is 1. The van der Waals surface area contributed by atoms with Crippen molar-refractivity contribution >= 4 is 34.2 Å². The molecule has 3 aromatic carbocycles. The van der Waals surface area contributed by atoms with Gasteiger partial charge in [0.05, 0.1) is 18.5 Å². The average Bonchev–Trinajstić information content (AvgIpc) is 3.32. The van der Waals surface area contributed by atoms with Gasteiger partial charge in [-0.05, 0) is 35.7 Å². The van der Waals surface area contributed by atoms with Gasteiger partial charge in [0.2, 0.25) is 5.13 Å². The lowest BCUT2D eigenvalue weighted by Gasteiger charge is -2.21. The number of hydrogen-bond donors (Lipinski definition) is 2. The fourth-order valence-corrected chi connectivity index (χ4v) is 4.61. The van der Waals surface area contributed by atoms with E-state index in [-0.39, 0.29) is 12.5 Å². The van der Waals surface area contributed by atoms with Crippen molar-refractivity contribution in [1.29, 1.82) is 0 Å². The van der Waals surface area contributed by atoms with E-state index in [1.807, 2.05) is 60.7 Å². The average molecular weight is 517 g/mol. The molecule has 0 atom stereocenters. The van der Waals surface area contributed by atoms with E-state index >= 15 is 0 Å². The van der Waals surface area contributed by atoms with Gasteiger partial charge in [-0.3, -0.25) is 4.79 Å². The molecule has 1 aromatic heterocycles. The third-order valence-corrected chi connectivity index (χ3v) is 6.75. The van der Waals surface area contributed by atoms with E-state index in [0.29, 0.717) is 40.2 Å². The number of anilines is 2. The molecule has 0 aliphatic rings. The van der Waals surface area contributed by atoms with Gasteiger partial charge in [0.1, 0.15) is 17.2 Å². The molecule has 0 fully saturated rings. The number of nitrogens with zero attached hydrogens (tertiary/aromatic N) is 2. The summed E-state index contributed by atoms with van der Waals surface area (Å²) >= 11 is 1.11. The maximum absolute atomic E-state index is 13.3. The van der Waals surface area contributed by atoms with E-state index in [0.717, 1.165) is 28.0 Å². The predicted molar refractivity (Wildman–Crippen MR) is 144 cm³/mol. The Labute approximate surface area is 219 Å². The summed E-state index contributed by atoms with van der Waals surface area (Å²) in [5, 5.41) is 3.23. The summed E-state index contributed by atoms with van der Waals surface area (Å²) in [7, 11) is 1.53. The summed E-state index contributed by atoms with van der Waals surface area (Å²) in [6.07, 6.45) is -0.631. The van der Waals surface area contributed by atoms with Crippen molar-refractivity contribution in [3.05, 3.63) is 106 Å². The summed E-state index contributed by atoms with van der Waals surface area (Å²) in [6, 6.07) is 24.2. The minimum atomic E-state index is -0.631. The van der Waals surface area contributed by atoms with Gasteiger partial charge >= 0.3 is 6.09 Å². The van der Waals surface area contributed by atoms with Gasteiger partial charge in [-0.25, -0.2) is 14.7 Å². The SMILES string of the molecule is COc1ccccc1N(C(=O)OCc1ccccc1)c1nc(C)c(C(=O)NCc2ccc(CN)cc2)s1. The zero-order chi connectivity index (χ0) is 26.2. The van der Waals surface area contributed by atoms with Crippen LogP contribution in [0.4, 0.5) is 15.6 Å². The molecule has 3 N–H and O–H groups in total. The van der Waals surface area contributed by atoms with E-state index in [1.165, 1.54) is 12.0 Å². The first-order chi connectivity index (χ1) is 18.0. The molecule has 2 amide bonds. The second-order valence-corrected chi connectivity index (χ2v) is 9.14. The number of aromatic nitrogens is 1. The van der Waals surface area contributed by atoms with Crippen LogP contribution in [0.3, 0.4) is 0 Å². The number of rotatable bonds is 9. The Hall–Kier alpha value is -4.21. The van der Waals surface area contributed by atoms with Crippen LogP contribution in [0.5, 0.6) is 5.75 Å². The molecule has 0 bridgehead atoms. The molecule has 190 valence electrons. The summed E-state index contributed by atoms with van der Waals surface area (Å²) in [6.45, 7) is 2.64. The zero-order valence-corrected chi connectivity index (χ0v) is 21.5. The Morgan fingerprint density at radius 1 is 0.946 bits per heavy atom. The lowest BCUT2D eigenvalue weighted by molar-refractivity contribution is 0.0954. The molecular weight excluding hydrogens is 488 g/mol. The molecule has 1 heterocycles. The molecule has 37 heavy (non-hydrogen) atoms. The maximum Gasteiger partial charge on any atom is 0.421 e. The molecule has 0 aliphatic carbocycles. The Morgan fingerprint density at radius 3 is 2.32 bits per heavy atom. The number of carbonyl (C=O) groups is 2. The van der Waals surface area contributed by atoms with Crippen LogP contribution in [-0.2, 0) is 24.4 Å². The van der Waals surface area contributed by atoms with Crippen LogP contribution in [0.1, 0.15) is 32.1 Å². The van der Waals surface area contributed by atoms with Crippen LogP contribution in [0.15, 0.2) is 78.9 Å². The van der Waals surface area contributed by atoms with E-state index in [2.05, 4.69) is 10.3 Å². The Kier molecular flexibility index (Phi) is 8.50. The molecule has 0 aliphatic heterocycles. The van der Waals surface area contributed by atoms with Gasteiger partial charge in [0, 0.05) is 13.1 Å². The van der Waals surface area contributed by atoms with E-state index in [9.17, 15) is 9.59 Å². The van der Waals surface area contributed by atoms with Crippen LogP contribution >= 0.6 is 11.3 Å². The van der Waals surface area contributed by atoms with Gasteiger partial charge in [-0.1, -0.05) is 78.1 Å². The Balaban J connectivity index is 1.57. The highest BCUT2D eigenvalue weighted by Crippen LogP contribution is 2.37. The molecular formula is C28H28N4O4S. The third kappa shape index (κ3) is 6.32. The highest BCUT2D eigenvalue weighted by Gasteiger charge is 2.28. The first-order valence-corrected chi connectivity index (χ1v) is 12.5. The largest absolute Gasteiger partial charge is 0.495 e. The first-order valence-electron chi connectivity index (χ1n) is 11.7. The van der Waals surface area contributed by atoms with Gasteiger partial charge in [0.15, 0.2) is 0 Å². The Morgan fingerprint density at radius 2 is 1.62 bits per heavy atom. The van der Waals surface area contributed by atoms with Crippen molar-refractivity contribution in [2.75, 3.05) is 12.0 Å². The van der Waals surface area contributed by atoms with Crippen molar-refractivity contribution in [2.45, 2.75) is 26.6 Å². The number of ether oxygens (including phenoxy) is 2. The molecule has 8 nitrogen and oxygen atoms in total. The number of thiazole rings is 1. The number of para-hydroxylation sites is 2. The summed E-state index contributed by atoms with van der Waals surface area (Å²) in [4.78, 5) is 32.7. The number of methoxy groups -OCH3 is 1. The smallest absolute Gasteiger partial charge is 0.421 e. The van der Waals surface area contributed by atoms with Crippen LogP contribution in [0.25, 0.3) is 0 Å². The van der Waals surface area contributed by atoms with E-state index < -0.39 is 6.09 Å². The number of nitrogens with one attached hydrogen (secondary N) is 1. The predicted octanol–water partition coefficient (Wildman–Crippen LogP) is 5.32. The number of amides is 2. The zero-order valence-electron chi connectivity index (χ0n) is 20.6. The van der Waals surface area contributed by atoms with Crippen molar-refractivity contribution in [2.24, 2.45) is 5.73 Å². The summed E-state index contributed by atoms with van der Waals surface area (Å²) in [5.74, 6) is 0.195. The van der Waals surface area contributed by atoms with Gasteiger partial charge < -0.3 is 20.5 Å². The fourth-order valence-electron chi connectivity index (χ4n) is 3.62. The van der Waals surface area contributed by atoms with Crippen molar-refractivity contribution in [1.82, 2.24) is 10.3 Å². The van der Waals surface area contributed by atoms with Gasteiger partial charge in [-0.15, -0.1) is 0 Å². The topological polar surface area (TPSA) is 107 Å². The molecule has 0 spiro atoms. The van der Waals surface area contributed by atoms with Gasteiger partial charge in [-0.2, -0.15) is 0 Å². The van der Waals surface area contributed by atoms with Crippen LogP contribution in [-0.4, -0.2) is 24.1 Å². The first kappa shape index (κ1) is 25.9. The molecule has 0 radical (unpaired) electrons. The highest BCUT2D eigenvalue weighted by molar-refractivity contribution is 7.17. The lowest BCUT2D eigenvalue weighted by Crippen LogP contribution is -2.27. The molecule has 4 aromatic rings. The number of benzene rings is 3. The molecule has 9 heteroatoms.